The number of nitrogens with zero attached hydrogens (tertiary/aromatic N) is 2. The van der Waals surface area contributed by atoms with Gasteiger partial charge in [-0.1, -0.05) is 12.1 Å². The molecule has 3 rings (SSSR count). The summed E-state index contributed by atoms with van der Waals surface area (Å²) >= 11 is 0. The van der Waals surface area contributed by atoms with Crippen LogP contribution in [-0.2, 0) is 11.2 Å². The SMILES string of the molecule is CC(CCc1ccc(OC(C)C)cc1)NC(=O)c1cc([N+](=O)[O-])ccc1N1CCOCC1. The van der Waals surface area contributed by atoms with Gasteiger partial charge in [0.2, 0.25) is 0 Å². The predicted octanol–water partition coefficient (Wildman–Crippen LogP) is 3.97. The summed E-state index contributed by atoms with van der Waals surface area (Å²) in [5.41, 5.74) is 2.09. The number of nitro groups is 1. The van der Waals surface area contributed by atoms with Gasteiger partial charge >= 0.3 is 0 Å². The van der Waals surface area contributed by atoms with Gasteiger partial charge in [-0.2, -0.15) is 0 Å². The van der Waals surface area contributed by atoms with E-state index in [0.717, 1.165) is 24.2 Å². The van der Waals surface area contributed by atoms with E-state index in [2.05, 4.69) is 5.32 Å². The summed E-state index contributed by atoms with van der Waals surface area (Å²) in [6.07, 6.45) is 1.68. The Labute approximate surface area is 188 Å². The van der Waals surface area contributed by atoms with Gasteiger partial charge in [-0.25, -0.2) is 0 Å². The van der Waals surface area contributed by atoms with Crippen molar-refractivity contribution >= 4 is 17.3 Å². The largest absolute Gasteiger partial charge is 0.491 e. The van der Waals surface area contributed by atoms with Crippen molar-refractivity contribution < 1.29 is 19.2 Å². The zero-order valence-corrected chi connectivity index (χ0v) is 18.9. The van der Waals surface area contributed by atoms with E-state index in [1.807, 2.05) is 49.9 Å². The first-order valence-corrected chi connectivity index (χ1v) is 11.0. The summed E-state index contributed by atoms with van der Waals surface area (Å²) in [6.45, 7) is 8.34. The lowest BCUT2D eigenvalue weighted by atomic mass is 10.0. The van der Waals surface area contributed by atoms with Crippen LogP contribution in [0.1, 0.15) is 43.1 Å². The summed E-state index contributed by atoms with van der Waals surface area (Å²) in [5.74, 6) is 0.537. The van der Waals surface area contributed by atoms with Crippen LogP contribution in [0.4, 0.5) is 11.4 Å². The number of amides is 1. The zero-order chi connectivity index (χ0) is 23.1. The summed E-state index contributed by atoms with van der Waals surface area (Å²) < 4.78 is 11.1. The minimum Gasteiger partial charge on any atom is -0.491 e. The molecule has 1 aliphatic rings. The maximum absolute atomic E-state index is 13.0. The highest BCUT2D eigenvalue weighted by atomic mass is 16.6. The number of anilines is 1. The van der Waals surface area contributed by atoms with Crippen molar-refractivity contribution in [3.8, 4) is 5.75 Å². The molecule has 1 heterocycles. The van der Waals surface area contributed by atoms with Crippen molar-refractivity contribution in [3.63, 3.8) is 0 Å². The number of nitrogens with one attached hydrogen (secondary N) is 1. The molecule has 2 aromatic carbocycles. The molecule has 1 aliphatic heterocycles. The molecular formula is C24H31N3O5. The van der Waals surface area contributed by atoms with Crippen molar-refractivity contribution in [2.75, 3.05) is 31.2 Å². The van der Waals surface area contributed by atoms with E-state index in [4.69, 9.17) is 9.47 Å². The molecule has 0 spiro atoms. The van der Waals surface area contributed by atoms with E-state index in [-0.39, 0.29) is 23.7 Å². The predicted molar refractivity (Wildman–Crippen MR) is 124 cm³/mol. The Balaban J connectivity index is 1.64. The monoisotopic (exact) mass is 441 g/mol. The van der Waals surface area contributed by atoms with Crippen LogP contribution in [0.3, 0.4) is 0 Å². The Kier molecular flexibility index (Phi) is 8.05. The Bertz CT molecular complexity index is 924. The van der Waals surface area contributed by atoms with Gasteiger partial charge in [0.1, 0.15) is 5.75 Å². The lowest BCUT2D eigenvalue weighted by molar-refractivity contribution is -0.384. The molecule has 1 N–H and O–H groups in total. The average molecular weight is 442 g/mol. The maximum Gasteiger partial charge on any atom is 0.270 e. The quantitative estimate of drug-likeness (QED) is 0.467. The Hall–Kier alpha value is -3.13. The molecule has 0 saturated carbocycles. The van der Waals surface area contributed by atoms with Crippen molar-refractivity contribution in [2.45, 2.75) is 45.8 Å². The minimum absolute atomic E-state index is 0.0918. The highest BCUT2D eigenvalue weighted by Crippen LogP contribution is 2.26. The number of aryl methyl sites for hydroxylation is 1. The van der Waals surface area contributed by atoms with E-state index in [0.29, 0.717) is 37.6 Å². The van der Waals surface area contributed by atoms with Gasteiger partial charge in [-0.15, -0.1) is 0 Å². The molecule has 1 unspecified atom stereocenters. The second kappa shape index (κ2) is 10.9. The zero-order valence-electron chi connectivity index (χ0n) is 18.9. The van der Waals surface area contributed by atoms with E-state index < -0.39 is 4.92 Å². The number of rotatable bonds is 9. The van der Waals surface area contributed by atoms with Gasteiger partial charge < -0.3 is 19.7 Å². The number of benzene rings is 2. The number of hydrogen-bond acceptors (Lipinski definition) is 6. The van der Waals surface area contributed by atoms with Crippen LogP contribution >= 0.6 is 0 Å². The highest BCUT2D eigenvalue weighted by molar-refractivity contribution is 6.00. The van der Waals surface area contributed by atoms with Crippen molar-refractivity contribution in [1.82, 2.24) is 5.32 Å². The Morgan fingerprint density at radius 2 is 1.84 bits per heavy atom. The van der Waals surface area contributed by atoms with Gasteiger partial charge in [0.05, 0.1) is 35.5 Å². The lowest BCUT2D eigenvalue weighted by Crippen LogP contribution is -2.39. The van der Waals surface area contributed by atoms with Gasteiger partial charge in [-0.3, -0.25) is 14.9 Å². The third-order valence-corrected chi connectivity index (χ3v) is 5.33. The van der Waals surface area contributed by atoms with Crippen molar-refractivity contribution in [2.24, 2.45) is 0 Å². The Morgan fingerprint density at radius 1 is 1.16 bits per heavy atom. The molecular weight excluding hydrogens is 410 g/mol. The van der Waals surface area contributed by atoms with Crippen LogP contribution in [0.25, 0.3) is 0 Å². The molecule has 32 heavy (non-hydrogen) atoms. The molecule has 1 amide bonds. The maximum atomic E-state index is 13.0. The van der Waals surface area contributed by atoms with E-state index in [1.54, 1.807) is 6.07 Å². The van der Waals surface area contributed by atoms with Crippen LogP contribution in [0.2, 0.25) is 0 Å². The topological polar surface area (TPSA) is 93.9 Å². The first-order chi connectivity index (χ1) is 15.3. The first kappa shape index (κ1) is 23.5. The standard InChI is InChI=1S/C24H31N3O5/c1-17(2)32-21-9-6-19(7-10-21)5-4-18(3)25-24(28)22-16-20(27(29)30)8-11-23(22)26-12-14-31-15-13-26/h6-11,16-18H,4-5,12-15H2,1-3H3,(H,25,28). The van der Waals surface area contributed by atoms with Crippen LogP contribution in [0.5, 0.6) is 5.75 Å². The number of non-ortho nitro benzene ring substituents is 1. The van der Waals surface area contributed by atoms with E-state index >= 15 is 0 Å². The number of carbonyl (C=O) groups excluding carboxylic acids is 1. The van der Waals surface area contributed by atoms with Crippen LogP contribution in [0, 0.1) is 10.1 Å². The molecule has 1 atom stereocenters. The second-order valence-corrected chi connectivity index (χ2v) is 8.28. The fraction of sp³-hybridized carbons (Fsp3) is 0.458. The molecule has 0 bridgehead atoms. The number of morpholine rings is 1. The fourth-order valence-electron chi connectivity index (χ4n) is 3.66. The van der Waals surface area contributed by atoms with Crippen molar-refractivity contribution in [1.29, 1.82) is 0 Å². The van der Waals surface area contributed by atoms with Gasteiger partial charge in [0.25, 0.3) is 11.6 Å². The molecule has 2 aromatic rings. The molecule has 0 aliphatic carbocycles. The van der Waals surface area contributed by atoms with Crippen LogP contribution < -0.4 is 15.0 Å². The summed E-state index contributed by atoms with van der Waals surface area (Å²) in [4.78, 5) is 25.9. The number of nitro benzene ring substituents is 1. The lowest BCUT2D eigenvalue weighted by Gasteiger charge is -2.30. The van der Waals surface area contributed by atoms with E-state index in [1.165, 1.54) is 12.1 Å². The fourth-order valence-corrected chi connectivity index (χ4v) is 3.66. The molecule has 172 valence electrons. The molecule has 8 heteroatoms. The summed E-state index contributed by atoms with van der Waals surface area (Å²) in [7, 11) is 0. The van der Waals surface area contributed by atoms with Gasteiger partial charge in [-0.05, 0) is 57.4 Å². The van der Waals surface area contributed by atoms with Gasteiger partial charge in [0.15, 0.2) is 0 Å². The van der Waals surface area contributed by atoms with E-state index in [9.17, 15) is 14.9 Å². The molecule has 8 nitrogen and oxygen atoms in total. The average Bonchev–Trinajstić information content (AvgIpc) is 2.78. The van der Waals surface area contributed by atoms with Crippen LogP contribution in [-0.4, -0.2) is 49.3 Å². The normalized spacial score (nSPS) is 14.8. The highest BCUT2D eigenvalue weighted by Gasteiger charge is 2.23. The number of hydrogen-bond donors (Lipinski definition) is 1. The minimum atomic E-state index is -0.476. The third-order valence-electron chi connectivity index (χ3n) is 5.33. The molecule has 0 aromatic heterocycles. The summed E-state index contributed by atoms with van der Waals surface area (Å²) in [6, 6.07) is 12.3. The molecule has 1 saturated heterocycles. The third kappa shape index (κ3) is 6.43. The number of ether oxygens (including phenoxy) is 2. The Morgan fingerprint density at radius 3 is 2.47 bits per heavy atom. The second-order valence-electron chi connectivity index (χ2n) is 8.28. The van der Waals surface area contributed by atoms with Crippen LogP contribution in [0.15, 0.2) is 42.5 Å². The number of carbonyl (C=O) groups is 1. The molecule has 0 radical (unpaired) electrons. The first-order valence-electron chi connectivity index (χ1n) is 11.0. The summed E-state index contributed by atoms with van der Waals surface area (Å²) in [5, 5.41) is 14.3. The van der Waals surface area contributed by atoms with Crippen molar-refractivity contribution in [3.05, 3.63) is 63.7 Å². The molecule has 1 fully saturated rings. The smallest absolute Gasteiger partial charge is 0.270 e. The van der Waals surface area contributed by atoms with Gasteiger partial charge in [0, 0.05) is 31.3 Å².